The summed E-state index contributed by atoms with van der Waals surface area (Å²) in [6, 6.07) is 0. The lowest BCUT2D eigenvalue weighted by atomic mass is 10.1. The van der Waals surface area contributed by atoms with E-state index in [2.05, 4.69) is 55.7 Å². The highest BCUT2D eigenvalue weighted by molar-refractivity contribution is 9.10. The number of rotatable bonds is 3. The highest BCUT2D eigenvalue weighted by Crippen LogP contribution is 2.16. The molecule has 0 aliphatic rings. The van der Waals surface area contributed by atoms with E-state index in [0.29, 0.717) is 10.7 Å². The van der Waals surface area contributed by atoms with Gasteiger partial charge in [-0.15, -0.1) is 0 Å². The minimum Gasteiger partial charge on any atom is -0.240 e. The summed E-state index contributed by atoms with van der Waals surface area (Å²) in [6.07, 6.45) is 4.44. The summed E-state index contributed by atoms with van der Waals surface area (Å²) < 4.78 is 0.923. The van der Waals surface area contributed by atoms with Gasteiger partial charge in [-0.05, 0) is 21.8 Å². The third kappa shape index (κ3) is 3.73. The van der Waals surface area contributed by atoms with E-state index in [9.17, 15) is 0 Å². The molecule has 1 unspecified atom stereocenters. The van der Waals surface area contributed by atoms with Gasteiger partial charge in [0, 0.05) is 23.6 Å². The molecule has 1 rings (SSSR count). The molecule has 0 radical (unpaired) electrons. The Morgan fingerprint density at radius 2 is 1.85 bits per heavy atom. The molecule has 72 valence electrons. The Morgan fingerprint density at radius 1 is 1.31 bits per heavy atom. The van der Waals surface area contributed by atoms with Gasteiger partial charge in [0.2, 0.25) is 0 Å². The van der Waals surface area contributed by atoms with Crippen LogP contribution < -0.4 is 0 Å². The first-order chi connectivity index (χ1) is 6.09. The third-order valence-corrected chi connectivity index (χ3v) is 3.57. The van der Waals surface area contributed by atoms with Crippen LogP contribution in [0, 0.1) is 5.92 Å². The van der Waals surface area contributed by atoms with Crippen LogP contribution in [0.5, 0.6) is 0 Å². The zero-order valence-electron chi connectivity index (χ0n) is 7.67. The maximum absolute atomic E-state index is 4.21. The Balaban J connectivity index is 2.59. The molecule has 0 spiro atoms. The molecule has 1 atom stereocenters. The Kier molecular flexibility index (Phi) is 4.32. The minimum atomic E-state index is 0.452. The molecule has 13 heavy (non-hydrogen) atoms. The van der Waals surface area contributed by atoms with Crippen LogP contribution in [0.2, 0.25) is 0 Å². The van der Waals surface area contributed by atoms with Gasteiger partial charge in [-0.25, -0.2) is 9.97 Å². The van der Waals surface area contributed by atoms with Crippen molar-refractivity contribution in [2.24, 2.45) is 5.92 Å². The van der Waals surface area contributed by atoms with Crippen molar-refractivity contribution in [1.29, 1.82) is 0 Å². The number of nitrogens with zero attached hydrogens (tertiary/aromatic N) is 2. The van der Waals surface area contributed by atoms with E-state index >= 15 is 0 Å². The molecule has 0 bridgehead atoms. The van der Waals surface area contributed by atoms with Gasteiger partial charge >= 0.3 is 0 Å². The summed E-state index contributed by atoms with van der Waals surface area (Å²) in [7, 11) is 0. The van der Waals surface area contributed by atoms with E-state index in [4.69, 9.17) is 0 Å². The van der Waals surface area contributed by atoms with Crippen LogP contribution in [0.25, 0.3) is 0 Å². The van der Waals surface area contributed by atoms with Crippen molar-refractivity contribution in [3.8, 4) is 0 Å². The van der Waals surface area contributed by atoms with Crippen LogP contribution in [0.4, 0.5) is 0 Å². The van der Waals surface area contributed by atoms with Crippen LogP contribution in [0.3, 0.4) is 0 Å². The predicted molar refractivity (Wildman–Crippen MR) is 61.0 cm³/mol. The molecule has 4 heteroatoms. The number of alkyl halides is 1. The van der Waals surface area contributed by atoms with Crippen LogP contribution in [0.1, 0.15) is 19.7 Å². The first-order valence-corrected chi connectivity index (χ1v) is 5.91. The molecule has 0 saturated heterocycles. The topological polar surface area (TPSA) is 25.8 Å². The van der Waals surface area contributed by atoms with E-state index in [1.165, 1.54) is 0 Å². The van der Waals surface area contributed by atoms with Crippen LogP contribution >= 0.6 is 31.9 Å². The Bertz CT molecular complexity index is 259. The van der Waals surface area contributed by atoms with Crippen molar-refractivity contribution in [3.63, 3.8) is 0 Å². The summed E-state index contributed by atoms with van der Waals surface area (Å²) in [5.74, 6) is 1.49. The molecule has 0 fully saturated rings. The molecule has 0 aliphatic heterocycles. The van der Waals surface area contributed by atoms with Crippen molar-refractivity contribution in [2.45, 2.75) is 25.1 Å². The molecular weight excluding hydrogens is 296 g/mol. The molecule has 1 aromatic rings. The van der Waals surface area contributed by atoms with Gasteiger partial charge in [0.05, 0.1) is 4.47 Å². The number of halogens is 2. The Hall–Kier alpha value is 0.0400. The standard InChI is InChI=1S/C9H12Br2N2/c1-6(2)8(11)3-9-12-4-7(10)5-13-9/h4-6,8H,3H2,1-2H3. The van der Waals surface area contributed by atoms with Crippen molar-refractivity contribution >= 4 is 31.9 Å². The largest absolute Gasteiger partial charge is 0.240 e. The lowest BCUT2D eigenvalue weighted by molar-refractivity contribution is 0.600. The van der Waals surface area contributed by atoms with Crippen LogP contribution in [-0.4, -0.2) is 14.8 Å². The van der Waals surface area contributed by atoms with Gasteiger partial charge in [0.25, 0.3) is 0 Å². The second kappa shape index (κ2) is 5.05. The smallest absolute Gasteiger partial charge is 0.129 e. The zero-order chi connectivity index (χ0) is 9.84. The van der Waals surface area contributed by atoms with Gasteiger partial charge in [0.15, 0.2) is 0 Å². The number of hydrogen-bond donors (Lipinski definition) is 0. The summed E-state index contributed by atoms with van der Waals surface area (Å²) in [4.78, 5) is 8.88. The van der Waals surface area contributed by atoms with Gasteiger partial charge in [-0.2, -0.15) is 0 Å². The van der Waals surface area contributed by atoms with E-state index in [0.717, 1.165) is 16.7 Å². The summed E-state index contributed by atoms with van der Waals surface area (Å²) >= 11 is 6.91. The summed E-state index contributed by atoms with van der Waals surface area (Å²) in [6.45, 7) is 4.36. The number of aromatic nitrogens is 2. The molecule has 0 aromatic carbocycles. The summed E-state index contributed by atoms with van der Waals surface area (Å²) in [5.41, 5.74) is 0. The van der Waals surface area contributed by atoms with Crippen LogP contribution in [0.15, 0.2) is 16.9 Å². The third-order valence-electron chi connectivity index (χ3n) is 1.77. The van der Waals surface area contributed by atoms with Gasteiger partial charge < -0.3 is 0 Å². The molecule has 0 N–H and O–H groups in total. The predicted octanol–water partition coefficient (Wildman–Crippen LogP) is 3.20. The zero-order valence-corrected chi connectivity index (χ0v) is 10.8. The second-order valence-electron chi connectivity index (χ2n) is 3.28. The Labute approximate surface area is 95.4 Å². The molecule has 0 amide bonds. The van der Waals surface area contributed by atoms with E-state index < -0.39 is 0 Å². The first-order valence-electron chi connectivity index (χ1n) is 4.20. The molecule has 1 aromatic heterocycles. The van der Waals surface area contributed by atoms with Crippen LogP contribution in [-0.2, 0) is 6.42 Å². The monoisotopic (exact) mass is 306 g/mol. The fourth-order valence-corrected chi connectivity index (χ4v) is 1.35. The average Bonchev–Trinajstić information content (AvgIpc) is 2.08. The fourth-order valence-electron chi connectivity index (χ4n) is 0.855. The van der Waals surface area contributed by atoms with Gasteiger partial charge in [-0.3, -0.25) is 0 Å². The summed E-state index contributed by atoms with van der Waals surface area (Å²) in [5, 5.41) is 0. The maximum atomic E-state index is 4.21. The minimum absolute atomic E-state index is 0.452. The quantitative estimate of drug-likeness (QED) is 0.801. The van der Waals surface area contributed by atoms with Crippen molar-refractivity contribution < 1.29 is 0 Å². The number of hydrogen-bond acceptors (Lipinski definition) is 2. The SMILES string of the molecule is CC(C)C(Br)Cc1ncc(Br)cn1. The highest BCUT2D eigenvalue weighted by atomic mass is 79.9. The lowest BCUT2D eigenvalue weighted by Crippen LogP contribution is -2.12. The molecule has 1 heterocycles. The van der Waals surface area contributed by atoms with Gasteiger partial charge in [0.1, 0.15) is 5.82 Å². The van der Waals surface area contributed by atoms with E-state index in [1.807, 2.05) is 0 Å². The average molecular weight is 308 g/mol. The maximum Gasteiger partial charge on any atom is 0.129 e. The fraction of sp³-hybridized carbons (Fsp3) is 0.556. The van der Waals surface area contributed by atoms with E-state index in [-0.39, 0.29) is 0 Å². The Morgan fingerprint density at radius 3 is 2.31 bits per heavy atom. The molecule has 0 saturated carbocycles. The molecule has 2 nitrogen and oxygen atoms in total. The van der Waals surface area contributed by atoms with Crippen molar-refractivity contribution in [2.75, 3.05) is 0 Å². The highest BCUT2D eigenvalue weighted by Gasteiger charge is 2.11. The normalized spacial score (nSPS) is 13.3. The van der Waals surface area contributed by atoms with Crippen molar-refractivity contribution in [1.82, 2.24) is 9.97 Å². The van der Waals surface area contributed by atoms with E-state index in [1.54, 1.807) is 12.4 Å². The molecular formula is C9H12Br2N2. The first kappa shape index (κ1) is 11.1. The molecule has 0 aliphatic carbocycles. The second-order valence-corrected chi connectivity index (χ2v) is 5.37. The van der Waals surface area contributed by atoms with Gasteiger partial charge in [-0.1, -0.05) is 29.8 Å². The van der Waals surface area contributed by atoms with Crippen molar-refractivity contribution in [3.05, 3.63) is 22.7 Å². The lowest BCUT2D eigenvalue weighted by Gasteiger charge is -2.11.